The number of hydrogen-bond acceptors (Lipinski definition) is 3. The number of pyridine rings is 1. The topological polar surface area (TPSA) is 51.4 Å². The van der Waals surface area contributed by atoms with Gasteiger partial charge in [0.15, 0.2) is 9.84 Å². The highest BCUT2D eigenvalue weighted by molar-refractivity contribution is 7.90. The summed E-state index contributed by atoms with van der Waals surface area (Å²) in [5, 5.41) is -0.0109. The predicted molar refractivity (Wildman–Crippen MR) is 87.7 cm³/mol. The van der Waals surface area contributed by atoms with E-state index in [1.54, 1.807) is 37.4 Å². The quantitative estimate of drug-likeness (QED) is 0.731. The van der Waals surface area contributed by atoms with Crippen LogP contribution in [-0.4, -0.2) is 17.8 Å². The van der Waals surface area contributed by atoms with Gasteiger partial charge in [0.25, 0.3) is 0 Å². The average molecular weight is 335 g/mol. The van der Waals surface area contributed by atoms with E-state index < -0.39 is 15.1 Å². The molecular formula is C16H15ClN2O2S. The Morgan fingerprint density at radius 2 is 1.91 bits per heavy atom. The number of nitrogens with zero attached hydrogens (tertiary/aromatic N) is 2. The van der Waals surface area contributed by atoms with Gasteiger partial charge in [-0.1, -0.05) is 29.8 Å². The van der Waals surface area contributed by atoms with Crippen molar-refractivity contribution < 1.29 is 8.42 Å². The molecule has 0 aliphatic carbocycles. The summed E-state index contributed by atoms with van der Waals surface area (Å²) in [6.07, 6.45) is 3.60. The van der Waals surface area contributed by atoms with Crippen molar-refractivity contribution in [1.29, 1.82) is 0 Å². The van der Waals surface area contributed by atoms with Crippen LogP contribution in [0.3, 0.4) is 0 Å². The van der Waals surface area contributed by atoms with Crippen LogP contribution in [-0.2, 0) is 15.6 Å². The van der Waals surface area contributed by atoms with Crippen LogP contribution in [0.1, 0.15) is 23.4 Å². The Bertz CT molecular complexity index is 868. The van der Waals surface area contributed by atoms with E-state index in [1.165, 1.54) is 0 Å². The molecule has 22 heavy (non-hydrogen) atoms. The van der Waals surface area contributed by atoms with Gasteiger partial charge in [-0.15, -0.1) is 0 Å². The van der Waals surface area contributed by atoms with Crippen LogP contribution in [0.4, 0.5) is 0 Å². The Balaban J connectivity index is 1.87. The normalized spacial score (nSPS) is 13.4. The lowest BCUT2D eigenvalue weighted by Crippen LogP contribution is -2.13. The van der Waals surface area contributed by atoms with Gasteiger partial charge in [-0.3, -0.25) is 0 Å². The van der Waals surface area contributed by atoms with Gasteiger partial charge in [0.05, 0.1) is 16.7 Å². The average Bonchev–Trinajstić information content (AvgIpc) is 2.88. The minimum absolute atomic E-state index is 0.0848. The van der Waals surface area contributed by atoms with Gasteiger partial charge in [0.1, 0.15) is 5.65 Å². The van der Waals surface area contributed by atoms with Crippen LogP contribution >= 0.6 is 11.6 Å². The predicted octanol–water partition coefficient (Wildman–Crippen LogP) is 3.66. The van der Waals surface area contributed by atoms with Gasteiger partial charge in [-0.05, 0) is 36.8 Å². The molecule has 0 spiro atoms. The Morgan fingerprint density at radius 1 is 1.18 bits per heavy atom. The minimum atomic E-state index is -3.35. The zero-order valence-electron chi connectivity index (χ0n) is 12.0. The number of aromatic nitrogens is 2. The molecule has 0 amide bonds. The molecule has 1 aromatic carbocycles. The summed E-state index contributed by atoms with van der Waals surface area (Å²) in [4.78, 5) is 4.35. The molecule has 4 nitrogen and oxygen atoms in total. The molecule has 0 radical (unpaired) electrons. The molecule has 2 aromatic heterocycles. The lowest BCUT2D eigenvalue weighted by atomic mass is 10.2. The van der Waals surface area contributed by atoms with Crippen molar-refractivity contribution in [3.05, 3.63) is 71.1 Å². The van der Waals surface area contributed by atoms with Gasteiger partial charge in [0, 0.05) is 17.4 Å². The van der Waals surface area contributed by atoms with Crippen LogP contribution in [0, 0.1) is 0 Å². The minimum Gasteiger partial charge on any atom is -0.307 e. The summed E-state index contributed by atoms with van der Waals surface area (Å²) in [7, 11) is -3.35. The molecule has 0 N–H and O–H groups in total. The molecule has 0 bridgehead atoms. The highest BCUT2D eigenvalue weighted by Crippen LogP contribution is 2.26. The molecule has 1 atom stereocenters. The molecule has 114 valence electrons. The fraction of sp³-hybridized carbons (Fsp3) is 0.188. The van der Waals surface area contributed by atoms with Gasteiger partial charge < -0.3 is 4.40 Å². The van der Waals surface area contributed by atoms with Crippen LogP contribution in [0.15, 0.2) is 54.9 Å². The van der Waals surface area contributed by atoms with E-state index in [0.717, 1.165) is 11.2 Å². The van der Waals surface area contributed by atoms with Crippen molar-refractivity contribution in [2.75, 3.05) is 0 Å². The molecule has 0 fully saturated rings. The van der Waals surface area contributed by atoms with Gasteiger partial charge in [-0.25, -0.2) is 13.4 Å². The Hall–Kier alpha value is -1.85. The highest BCUT2D eigenvalue weighted by atomic mass is 35.5. The molecule has 0 saturated heterocycles. The summed E-state index contributed by atoms with van der Waals surface area (Å²) >= 11 is 5.84. The van der Waals surface area contributed by atoms with Crippen molar-refractivity contribution in [3.8, 4) is 0 Å². The zero-order valence-corrected chi connectivity index (χ0v) is 13.6. The smallest absolute Gasteiger partial charge is 0.162 e. The first-order chi connectivity index (χ1) is 10.5. The molecular weight excluding hydrogens is 320 g/mol. The fourth-order valence-electron chi connectivity index (χ4n) is 2.33. The van der Waals surface area contributed by atoms with E-state index in [9.17, 15) is 8.42 Å². The van der Waals surface area contributed by atoms with E-state index in [1.807, 2.05) is 28.8 Å². The standard InChI is InChI=1S/C16H15ClN2O2S/c1-12(13-5-7-14(17)8-6-13)22(20,21)11-15-10-19-9-3-2-4-16(19)18-15/h2-10,12H,11H2,1H3/t12-/m0/s1. The Kier molecular flexibility index (Phi) is 3.93. The van der Waals surface area contributed by atoms with Crippen molar-refractivity contribution >= 4 is 27.1 Å². The number of benzene rings is 1. The maximum atomic E-state index is 12.6. The van der Waals surface area contributed by atoms with Gasteiger partial charge >= 0.3 is 0 Å². The molecule has 0 unspecified atom stereocenters. The van der Waals surface area contributed by atoms with Gasteiger partial charge in [0.2, 0.25) is 0 Å². The molecule has 0 aliphatic rings. The lowest BCUT2D eigenvalue weighted by molar-refractivity contribution is 0.585. The summed E-state index contributed by atoms with van der Waals surface area (Å²) in [5.41, 5.74) is 2.02. The second kappa shape index (κ2) is 5.74. The first kappa shape index (κ1) is 15.1. The molecule has 3 rings (SSSR count). The maximum absolute atomic E-state index is 12.6. The second-order valence-corrected chi connectivity index (χ2v) is 7.96. The molecule has 0 saturated carbocycles. The number of hydrogen-bond donors (Lipinski definition) is 0. The summed E-state index contributed by atoms with van der Waals surface area (Å²) in [6, 6.07) is 12.5. The number of rotatable bonds is 4. The SMILES string of the molecule is C[C@@H](c1ccc(Cl)cc1)S(=O)(=O)Cc1cn2ccccc2n1. The summed E-state index contributed by atoms with van der Waals surface area (Å²) < 4.78 is 27.0. The summed E-state index contributed by atoms with van der Waals surface area (Å²) in [6.45, 7) is 1.69. The number of fused-ring (bicyclic) bond motifs is 1. The third kappa shape index (κ3) is 3.00. The van der Waals surface area contributed by atoms with Crippen molar-refractivity contribution in [1.82, 2.24) is 9.38 Å². The Labute approximate surface area is 134 Å². The van der Waals surface area contributed by atoms with Crippen molar-refractivity contribution in [3.63, 3.8) is 0 Å². The number of imidazole rings is 1. The fourth-order valence-corrected chi connectivity index (χ4v) is 3.83. The molecule has 0 aliphatic heterocycles. The van der Waals surface area contributed by atoms with E-state index in [4.69, 9.17) is 11.6 Å². The molecule has 3 aromatic rings. The first-order valence-corrected chi connectivity index (χ1v) is 8.95. The van der Waals surface area contributed by atoms with Crippen LogP contribution in [0.2, 0.25) is 5.02 Å². The lowest BCUT2D eigenvalue weighted by Gasteiger charge is -2.12. The maximum Gasteiger partial charge on any atom is 0.162 e. The third-order valence-corrected chi connectivity index (χ3v) is 5.94. The molecule has 2 heterocycles. The van der Waals surface area contributed by atoms with Crippen molar-refractivity contribution in [2.45, 2.75) is 17.9 Å². The summed E-state index contributed by atoms with van der Waals surface area (Å²) in [5.74, 6) is -0.0848. The zero-order chi connectivity index (χ0) is 15.7. The largest absolute Gasteiger partial charge is 0.307 e. The molecule has 6 heteroatoms. The van der Waals surface area contributed by atoms with Crippen LogP contribution in [0.5, 0.6) is 0 Å². The van der Waals surface area contributed by atoms with E-state index in [2.05, 4.69) is 4.98 Å². The Morgan fingerprint density at radius 3 is 2.59 bits per heavy atom. The van der Waals surface area contributed by atoms with Crippen LogP contribution < -0.4 is 0 Å². The number of halogens is 1. The van der Waals surface area contributed by atoms with E-state index in [-0.39, 0.29) is 5.75 Å². The van der Waals surface area contributed by atoms with E-state index >= 15 is 0 Å². The van der Waals surface area contributed by atoms with E-state index in [0.29, 0.717) is 10.7 Å². The second-order valence-electron chi connectivity index (χ2n) is 5.20. The first-order valence-electron chi connectivity index (χ1n) is 6.85. The highest BCUT2D eigenvalue weighted by Gasteiger charge is 2.24. The number of sulfone groups is 1. The van der Waals surface area contributed by atoms with Crippen LogP contribution in [0.25, 0.3) is 5.65 Å². The monoisotopic (exact) mass is 334 g/mol. The van der Waals surface area contributed by atoms with Crippen molar-refractivity contribution in [2.24, 2.45) is 0 Å². The third-order valence-electron chi connectivity index (χ3n) is 3.64. The van der Waals surface area contributed by atoms with Gasteiger partial charge in [-0.2, -0.15) is 0 Å².